The fourth-order valence-corrected chi connectivity index (χ4v) is 3.77. The molecule has 2 heterocycles. The summed E-state index contributed by atoms with van der Waals surface area (Å²) < 4.78 is 19.6. The number of rotatable bonds is 4. The SMILES string of the molecule is CC1(C)O/C(=C2/C(=O)Nc3cc(F)ccc32)C=C1c1ccc(CC(N)C(=O)O)cc1. The van der Waals surface area contributed by atoms with Gasteiger partial charge in [0.2, 0.25) is 0 Å². The smallest absolute Gasteiger partial charge is 0.320 e. The Bertz CT molecular complexity index is 1120. The van der Waals surface area contributed by atoms with Crippen LogP contribution in [0.15, 0.2) is 54.3 Å². The molecule has 0 bridgehead atoms. The number of ether oxygens (including phenoxy) is 1. The molecule has 0 aromatic heterocycles. The number of amides is 1. The lowest BCUT2D eigenvalue weighted by atomic mass is 9.91. The van der Waals surface area contributed by atoms with E-state index in [1.54, 1.807) is 6.07 Å². The Morgan fingerprint density at radius 2 is 1.93 bits per heavy atom. The van der Waals surface area contributed by atoms with Crippen LogP contribution in [0.4, 0.5) is 10.1 Å². The lowest BCUT2D eigenvalue weighted by Gasteiger charge is -2.23. The molecular weight excluding hydrogens is 387 g/mol. The zero-order chi connectivity index (χ0) is 21.6. The molecule has 4 rings (SSSR count). The number of carboxylic acids is 1. The van der Waals surface area contributed by atoms with Crippen molar-refractivity contribution in [2.24, 2.45) is 5.73 Å². The summed E-state index contributed by atoms with van der Waals surface area (Å²) in [6.45, 7) is 3.80. The van der Waals surface area contributed by atoms with Crippen molar-refractivity contribution in [3.8, 4) is 0 Å². The molecule has 6 nitrogen and oxygen atoms in total. The number of carbonyl (C=O) groups is 2. The molecule has 1 amide bonds. The van der Waals surface area contributed by atoms with Crippen LogP contribution in [0.5, 0.6) is 0 Å². The molecule has 0 aliphatic carbocycles. The Kier molecular flexibility index (Phi) is 4.70. The van der Waals surface area contributed by atoms with E-state index in [2.05, 4.69) is 5.32 Å². The number of nitrogens with one attached hydrogen (secondary N) is 1. The molecule has 7 heteroatoms. The van der Waals surface area contributed by atoms with Gasteiger partial charge in [-0.25, -0.2) is 4.39 Å². The number of allylic oxidation sites excluding steroid dienone is 1. The third-order valence-corrected chi connectivity index (χ3v) is 5.30. The second kappa shape index (κ2) is 7.11. The second-order valence-electron chi connectivity index (χ2n) is 7.90. The summed E-state index contributed by atoms with van der Waals surface area (Å²) in [7, 11) is 0. The van der Waals surface area contributed by atoms with Crippen molar-refractivity contribution < 1.29 is 23.8 Å². The first kappa shape index (κ1) is 19.8. The van der Waals surface area contributed by atoms with E-state index in [0.29, 0.717) is 22.6 Å². The van der Waals surface area contributed by atoms with Gasteiger partial charge < -0.3 is 20.9 Å². The topological polar surface area (TPSA) is 102 Å². The molecule has 2 aromatic rings. The van der Waals surface area contributed by atoms with E-state index in [-0.39, 0.29) is 12.3 Å². The van der Waals surface area contributed by atoms with Crippen molar-refractivity contribution in [3.63, 3.8) is 0 Å². The van der Waals surface area contributed by atoms with E-state index >= 15 is 0 Å². The maximum Gasteiger partial charge on any atom is 0.320 e. The number of carbonyl (C=O) groups excluding carboxylic acids is 1. The molecule has 154 valence electrons. The van der Waals surface area contributed by atoms with Crippen molar-refractivity contribution in [1.29, 1.82) is 0 Å². The fourth-order valence-electron chi connectivity index (χ4n) is 3.77. The van der Waals surface area contributed by atoms with Crippen molar-refractivity contribution in [2.75, 3.05) is 5.32 Å². The third kappa shape index (κ3) is 3.48. The highest BCUT2D eigenvalue weighted by atomic mass is 19.1. The second-order valence-corrected chi connectivity index (χ2v) is 7.90. The van der Waals surface area contributed by atoms with Crippen molar-refractivity contribution in [3.05, 3.63) is 76.8 Å². The highest BCUT2D eigenvalue weighted by Crippen LogP contribution is 2.44. The summed E-state index contributed by atoms with van der Waals surface area (Å²) in [5.74, 6) is -1.38. The number of carboxylic acid groups (broad SMARTS) is 1. The molecule has 2 aliphatic heterocycles. The number of halogens is 1. The summed E-state index contributed by atoms with van der Waals surface area (Å²) in [4.78, 5) is 23.5. The molecule has 0 saturated heterocycles. The van der Waals surface area contributed by atoms with Gasteiger partial charge >= 0.3 is 5.97 Å². The number of aliphatic carboxylic acids is 1. The average molecular weight is 408 g/mol. The largest absolute Gasteiger partial charge is 0.482 e. The molecule has 2 aromatic carbocycles. The van der Waals surface area contributed by atoms with Crippen LogP contribution in [0.25, 0.3) is 11.1 Å². The minimum atomic E-state index is -1.04. The van der Waals surface area contributed by atoms with Crippen molar-refractivity contribution >= 4 is 28.7 Å². The summed E-state index contributed by atoms with van der Waals surface area (Å²) >= 11 is 0. The summed E-state index contributed by atoms with van der Waals surface area (Å²) in [5.41, 5.74) is 8.89. The van der Waals surface area contributed by atoms with Crippen LogP contribution in [0.1, 0.15) is 30.5 Å². The fraction of sp³-hybridized carbons (Fsp3) is 0.217. The highest BCUT2D eigenvalue weighted by molar-refractivity contribution is 6.32. The first-order valence-corrected chi connectivity index (χ1v) is 9.50. The molecular formula is C23H21FN2O4. The van der Waals surface area contributed by atoms with Crippen LogP contribution in [0.3, 0.4) is 0 Å². The Morgan fingerprint density at radius 1 is 1.23 bits per heavy atom. The number of anilines is 1. The van der Waals surface area contributed by atoms with E-state index in [1.807, 2.05) is 44.2 Å². The molecule has 0 saturated carbocycles. The highest BCUT2D eigenvalue weighted by Gasteiger charge is 2.38. The first-order valence-electron chi connectivity index (χ1n) is 9.50. The molecule has 1 unspecified atom stereocenters. The Labute approximate surface area is 172 Å². The Balaban J connectivity index is 1.70. The van der Waals surface area contributed by atoms with Gasteiger partial charge in [0.25, 0.3) is 5.91 Å². The van der Waals surface area contributed by atoms with Gasteiger partial charge in [-0.15, -0.1) is 0 Å². The molecule has 0 fully saturated rings. The van der Waals surface area contributed by atoms with E-state index in [0.717, 1.165) is 16.7 Å². The monoisotopic (exact) mass is 408 g/mol. The zero-order valence-electron chi connectivity index (χ0n) is 16.5. The molecule has 1 atom stereocenters. The van der Waals surface area contributed by atoms with E-state index in [9.17, 15) is 14.0 Å². The van der Waals surface area contributed by atoms with Gasteiger partial charge in [-0.3, -0.25) is 9.59 Å². The Hall–Kier alpha value is -3.45. The van der Waals surface area contributed by atoms with Crippen LogP contribution in [0.2, 0.25) is 0 Å². The summed E-state index contributed by atoms with van der Waals surface area (Å²) in [6.07, 6.45) is 2.06. The van der Waals surface area contributed by atoms with Crippen molar-refractivity contribution in [1.82, 2.24) is 0 Å². The molecule has 0 radical (unpaired) electrons. The van der Waals surface area contributed by atoms with E-state index in [1.165, 1.54) is 12.1 Å². The van der Waals surface area contributed by atoms with E-state index in [4.69, 9.17) is 15.6 Å². The summed E-state index contributed by atoms with van der Waals surface area (Å²) in [6, 6.07) is 10.6. The molecule has 30 heavy (non-hydrogen) atoms. The third-order valence-electron chi connectivity index (χ3n) is 5.30. The molecule has 0 spiro atoms. The quantitative estimate of drug-likeness (QED) is 0.674. The summed E-state index contributed by atoms with van der Waals surface area (Å²) in [5, 5.41) is 11.6. The Morgan fingerprint density at radius 3 is 2.60 bits per heavy atom. The minimum Gasteiger partial charge on any atom is -0.482 e. The lowest BCUT2D eigenvalue weighted by molar-refractivity contribution is -0.138. The number of benzene rings is 2. The number of hydrogen-bond acceptors (Lipinski definition) is 4. The van der Waals surface area contributed by atoms with Gasteiger partial charge in [-0.2, -0.15) is 0 Å². The van der Waals surface area contributed by atoms with Gasteiger partial charge in [-0.1, -0.05) is 24.3 Å². The lowest BCUT2D eigenvalue weighted by Crippen LogP contribution is -2.32. The molecule has 2 aliphatic rings. The van der Waals surface area contributed by atoms with Crippen LogP contribution >= 0.6 is 0 Å². The standard InChI is InChI=1S/C23H21FN2O4/c1-23(2)16(13-5-3-12(4-6-13)9-17(25)22(28)29)11-19(30-23)20-15-8-7-14(24)10-18(15)26-21(20)27/h3-8,10-11,17H,9,25H2,1-2H3,(H,26,27)(H,28,29)/b20-19+. The number of hydrogen-bond donors (Lipinski definition) is 3. The van der Waals surface area contributed by atoms with Gasteiger partial charge in [-0.05, 0) is 55.7 Å². The van der Waals surface area contributed by atoms with Crippen LogP contribution < -0.4 is 11.1 Å². The zero-order valence-corrected chi connectivity index (χ0v) is 16.5. The van der Waals surface area contributed by atoms with Gasteiger partial charge in [0, 0.05) is 11.1 Å². The predicted molar refractivity (Wildman–Crippen MR) is 111 cm³/mol. The predicted octanol–water partition coefficient (Wildman–Crippen LogP) is 3.34. The number of fused-ring (bicyclic) bond motifs is 1. The van der Waals surface area contributed by atoms with Gasteiger partial charge in [0.05, 0.1) is 11.3 Å². The number of nitrogens with two attached hydrogens (primary N) is 1. The van der Waals surface area contributed by atoms with Crippen LogP contribution in [-0.4, -0.2) is 28.6 Å². The van der Waals surface area contributed by atoms with Gasteiger partial charge in [0.1, 0.15) is 23.2 Å². The first-order chi connectivity index (χ1) is 14.2. The van der Waals surface area contributed by atoms with Gasteiger partial charge in [0.15, 0.2) is 0 Å². The minimum absolute atomic E-state index is 0.234. The van der Waals surface area contributed by atoms with Crippen LogP contribution in [-0.2, 0) is 20.7 Å². The maximum absolute atomic E-state index is 13.5. The normalized spacial score (nSPS) is 20.3. The molecule has 4 N–H and O–H groups in total. The van der Waals surface area contributed by atoms with E-state index < -0.39 is 23.4 Å². The average Bonchev–Trinajstić information content (AvgIpc) is 3.16. The maximum atomic E-state index is 13.5. The van der Waals surface area contributed by atoms with Crippen molar-refractivity contribution in [2.45, 2.75) is 31.9 Å². The van der Waals surface area contributed by atoms with Crippen LogP contribution in [0, 0.1) is 5.82 Å².